The molecule has 2 rings (SSSR count). The minimum absolute atomic E-state index is 0.0372. The molecule has 1 atom stereocenters. The molecule has 0 saturated carbocycles. The van der Waals surface area contributed by atoms with Crippen LogP contribution in [0.25, 0.3) is 11.4 Å². The summed E-state index contributed by atoms with van der Waals surface area (Å²) in [5.41, 5.74) is 0.931. The topological polar surface area (TPSA) is 115 Å². The van der Waals surface area contributed by atoms with E-state index in [1.54, 1.807) is 0 Å². The van der Waals surface area contributed by atoms with Gasteiger partial charge in [0.25, 0.3) is 5.91 Å². The van der Waals surface area contributed by atoms with Crippen molar-refractivity contribution in [3.63, 3.8) is 0 Å². The number of carbonyl (C=O) groups excluding carboxylic acids is 3. The summed E-state index contributed by atoms with van der Waals surface area (Å²) in [5, 5.41) is 13.2. The van der Waals surface area contributed by atoms with Crippen LogP contribution in [0.4, 0.5) is 4.79 Å². The molecule has 1 heterocycles. The average Bonchev–Trinajstić information content (AvgIpc) is 3.09. The zero-order chi connectivity index (χ0) is 19.8. The molecule has 0 aliphatic carbocycles. The van der Waals surface area contributed by atoms with Gasteiger partial charge in [-0.15, -0.1) is 10.2 Å². The van der Waals surface area contributed by atoms with Gasteiger partial charge in [-0.3, -0.25) is 14.9 Å². The lowest BCUT2D eigenvalue weighted by Crippen LogP contribution is -2.43. The van der Waals surface area contributed by atoms with Crippen molar-refractivity contribution in [1.29, 1.82) is 0 Å². The summed E-state index contributed by atoms with van der Waals surface area (Å²) in [6.45, 7) is 3.99. The van der Waals surface area contributed by atoms with E-state index in [0.29, 0.717) is 17.5 Å². The lowest BCUT2D eigenvalue weighted by Gasteiger charge is -2.12. The maximum Gasteiger partial charge on any atom is 0.321 e. The molecule has 0 unspecified atom stereocenters. The minimum Gasteiger partial charge on any atom is -0.452 e. The molecule has 1 aromatic heterocycles. The molecule has 2 aromatic rings. The molecule has 2 N–H and O–H groups in total. The first kappa shape index (κ1) is 20.4. The Morgan fingerprint density at radius 3 is 2.56 bits per heavy atom. The summed E-state index contributed by atoms with van der Waals surface area (Å²) >= 11 is 1.17. The van der Waals surface area contributed by atoms with Gasteiger partial charge < -0.3 is 14.6 Å². The number of ether oxygens (including phenoxy) is 1. The Morgan fingerprint density at radius 2 is 1.93 bits per heavy atom. The van der Waals surface area contributed by atoms with Crippen molar-refractivity contribution in [2.45, 2.75) is 31.7 Å². The molecule has 1 aromatic carbocycles. The summed E-state index contributed by atoms with van der Waals surface area (Å²) in [4.78, 5) is 34.8. The first-order valence-corrected chi connectivity index (χ1v) is 9.28. The van der Waals surface area contributed by atoms with Gasteiger partial charge in [0.1, 0.15) is 0 Å². The number of thioether (sulfide) groups is 1. The number of imide groups is 1. The molecular formula is C17H21N5O4S. The number of urea groups is 1. The van der Waals surface area contributed by atoms with Crippen LogP contribution in [0, 0.1) is 0 Å². The first-order chi connectivity index (χ1) is 13.0. The van der Waals surface area contributed by atoms with Gasteiger partial charge >= 0.3 is 12.0 Å². The maximum atomic E-state index is 12.0. The standard InChI is InChI=1S/C17H21N5O4S/c1-4-22-14(12-8-6-5-7-9-12)20-21-17(22)27-10-13(23)26-11(2)15(24)19-16(25)18-3/h5-9,11H,4,10H2,1-3H3,(H2,18,19,24,25)/t11-/m1/s1. The van der Waals surface area contributed by atoms with E-state index in [-0.39, 0.29) is 5.75 Å². The molecule has 27 heavy (non-hydrogen) atoms. The number of benzene rings is 1. The van der Waals surface area contributed by atoms with Crippen molar-refractivity contribution in [2.75, 3.05) is 12.8 Å². The van der Waals surface area contributed by atoms with Crippen LogP contribution in [0.15, 0.2) is 35.5 Å². The van der Waals surface area contributed by atoms with Gasteiger partial charge in [0.2, 0.25) is 0 Å². The smallest absolute Gasteiger partial charge is 0.321 e. The van der Waals surface area contributed by atoms with E-state index in [1.807, 2.05) is 47.1 Å². The highest BCUT2D eigenvalue weighted by Crippen LogP contribution is 2.23. The van der Waals surface area contributed by atoms with Crippen LogP contribution in [0.2, 0.25) is 0 Å². The van der Waals surface area contributed by atoms with Gasteiger partial charge in [0, 0.05) is 19.2 Å². The normalized spacial score (nSPS) is 11.5. The van der Waals surface area contributed by atoms with Crippen molar-refractivity contribution in [2.24, 2.45) is 0 Å². The molecule has 3 amide bonds. The van der Waals surface area contributed by atoms with E-state index in [9.17, 15) is 14.4 Å². The van der Waals surface area contributed by atoms with Crippen molar-refractivity contribution in [1.82, 2.24) is 25.4 Å². The number of nitrogens with zero attached hydrogens (tertiary/aromatic N) is 3. The number of aromatic nitrogens is 3. The molecular weight excluding hydrogens is 370 g/mol. The van der Waals surface area contributed by atoms with Gasteiger partial charge in [0.15, 0.2) is 17.1 Å². The van der Waals surface area contributed by atoms with Gasteiger partial charge in [-0.25, -0.2) is 4.79 Å². The summed E-state index contributed by atoms with van der Waals surface area (Å²) in [5.74, 6) is -0.612. The average molecular weight is 391 g/mol. The number of amides is 3. The summed E-state index contributed by atoms with van der Waals surface area (Å²) in [6, 6.07) is 8.96. The molecule has 0 aliphatic heterocycles. The molecule has 10 heteroatoms. The number of hydrogen-bond acceptors (Lipinski definition) is 7. The van der Waals surface area contributed by atoms with E-state index in [1.165, 1.54) is 25.7 Å². The third-order valence-electron chi connectivity index (χ3n) is 3.53. The van der Waals surface area contributed by atoms with E-state index >= 15 is 0 Å². The van der Waals surface area contributed by atoms with Crippen LogP contribution in [0.1, 0.15) is 13.8 Å². The van der Waals surface area contributed by atoms with Crippen molar-refractivity contribution < 1.29 is 19.1 Å². The van der Waals surface area contributed by atoms with Crippen LogP contribution in [0.5, 0.6) is 0 Å². The second-order valence-electron chi connectivity index (χ2n) is 5.41. The Hall–Kier alpha value is -2.88. The zero-order valence-electron chi connectivity index (χ0n) is 15.3. The number of rotatable bonds is 7. The third kappa shape index (κ3) is 5.55. The Morgan fingerprint density at radius 1 is 1.22 bits per heavy atom. The Balaban J connectivity index is 1.94. The molecule has 0 spiro atoms. The molecule has 144 valence electrons. The van der Waals surface area contributed by atoms with Crippen LogP contribution in [-0.2, 0) is 20.9 Å². The number of esters is 1. The number of nitrogens with one attached hydrogen (secondary N) is 2. The van der Waals surface area contributed by atoms with Crippen LogP contribution in [-0.4, -0.2) is 51.6 Å². The highest BCUT2D eigenvalue weighted by atomic mass is 32.2. The maximum absolute atomic E-state index is 12.0. The van der Waals surface area contributed by atoms with Crippen molar-refractivity contribution in [3.05, 3.63) is 30.3 Å². The first-order valence-electron chi connectivity index (χ1n) is 8.29. The van der Waals surface area contributed by atoms with Gasteiger partial charge in [0.05, 0.1) is 5.75 Å². The van der Waals surface area contributed by atoms with Crippen LogP contribution < -0.4 is 10.6 Å². The highest BCUT2D eigenvalue weighted by molar-refractivity contribution is 7.99. The lowest BCUT2D eigenvalue weighted by molar-refractivity contribution is -0.151. The number of carbonyl (C=O) groups is 3. The molecule has 0 saturated heterocycles. The zero-order valence-corrected chi connectivity index (χ0v) is 16.1. The van der Waals surface area contributed by atoms with Crippen molar-refractivity contribution >= 4 is 29.7 Å². The van der Waals surface area contributed by atoms with E-state index < -0.39 is 24.0 Å². The quantitative estimate of drug-likeness (QED) is 0.542. The fourth-order valence-corrected chi connectivity index (χ4v) is 2.95. The third-order valence-corrected chi connectivity index (χ3v) is 4.47. The fraction of sp³-hybridized carbons (Fsp3) is 0.353. The van der Waals surface area contributed by atoms with Gasteiger partial charge in [-0.05, 0) is 13.8 Å². The molecule has 9 nitrogen and oxygen atoms in total. The Kier molecular flexibility index (Phi) is 7.35. The summed E-state index contributed by atoms with van der Waals surface area (Å²) in [6.07, 6.45) is -1.08. The monoisotopic (exact) mass is 391 g/mol. The predicted molar refractivity (Wildman–Crippen MR) is 100 cm³/mol. The number of hydrogen-bond donors (Lipinski definition) is 2. The Labute approximate surface area is 160 Å². The summed E-state index contributed by atoms with van der Waals surface area (Å²) in [7, 11) is 1.38. The SMILES string of the molecule is CCn1c(SCC(=O)O[C@H](C)C(=O)NC(=O)NC)nnc1-c1ccccc1. The fourth-order valence-electron chi connectivity index (χ4n) is 2.17. The van der Waals surface area contributed by atoms with Gasteiger partial charge in [-0.1, -0.05) is 42.1 Å². The Bertz CT molecular complexity index is 809. The highest BCUT2D eigenvalue weighted by Gasteiger charge is 2.21. The largest absolute Gasteiger partial charge is 0.452 e. The molecule has 0 fully saturated rings. The van der Waals surface area contributed by atoms with Crippen LogP contribution in [0.3, 0.4) is 0 Å². The molecule has 0 aliphatic rings. The molecule has 0 bridgehead atoms. The van der Waals surface area contributed by atoms with E-state index in [4.69, 9.17) is 4.74 Å². The van der Waals surface area contributed by atoms with E-state index in [2.05, 4.69) is 15.5 Å². The van der Waals surface area contributed by atoms with Gasteiger partial charge in [-0.2, -0.15) is 0 Å². The van der Waals surface area contributed by atoms with E-state index in [0.717, 1.165) is 5.56 Å². The second-order valence-corrected chi connectivity index (χ2v) is 6.35. The lowest BCUT2D eigenvalue weighted by atomic mass is 10.2. The second kappa shape index (κ2) is 9.72. The van der Waals surface area contributed by atoms with Crippen molar-refractivity contribution in [3.8, 4) is 11.4 Å². The minimum atomic E-state index is -1.08. The van der Waals surface area contributed by atoms with Crippen LogP contribution >= 0.6 is 11.8 Å². The predicted octanol–water partition coefficient (Wildman–Crippen LogP) is 1.44. The molecule has 0 radical (unpaired) electrons. The summed E-state index contributed by atoms with van der Waals surface area (Å²) < 4.78 is 6.93.